The molecule has 0 aliphatic rings. The predicted octanol–water partition coefficient (Wildman–Crippen LogP) is 2.83. The zero-order valence-electron chi connectivity index (χ0n) is 11.4. The Bertz CT molecular complexity index is 485. The minimum absolute atomic E-state index is 0.353. The van der Waals surface area contributed by atoms with Crippen LogP contribution in [0.2, 0.25) is 0 Å². The van der Waals surface area contributed by atoms with Gasteiger partial charge in [-0.3, -0.25) is 0 Å². The van der Waals surface area contributed by atoms with Crippen molar-refractivity contribution in [1.29, 1.82) is 0 Å². The number of aryl methyl sites for hydroxylation is 2. The molecule has 3 nitrogen and oxygen atoms in total. The fourth-order valence-electron chi connectivity index (χ4n) is 1.97. The molecule has 0 saturated carbocycles. The second-order valence-corrected chi connectivity index (χ2v) is 4.69. The molecule has 18 heavy (non-hydrogen) atoms. The van der Waals surface area contributed by atoms with E-state index in [-0.39, 0.29) is 0 Å². The lowest BCUT2D eigenvalue weighted by atomic mass is 10.1. The SMILES string of the molecule is CCc1ccc(C(C)NCc2cncn2C)cc1. The summed E-state index contributed by atoms with van der Waals surface area (Å²) in [5.74, 6) is 0. The lowest BCUT2D eigenvalue weighted by molar-refractivity contribution is 0.558. The van der Waals surface area contributed by atoms with E-state index < -0.39 is 0 Å². The molecule has 1 aromatic heterocycles. The lowest BCUT2D eigenvalue weighted by Crippen LogP contribution is -2.19. The Morgan fingerprint density at radius 2 is 2.00 bits per heavy atom. The zero-order valence-corrected chi connectivity index (χ0v) is 11.4. The Hall–Kier alpha value is -1.61. The second kappa shape index (κ2) is 5.83. The molecule has 0 radical (unpaired) electrons. The topological polar surface area (TPSA) is 29.9 Å². The molecule has 1 heterocycles. The Balaban J connectivity index is 1.94. The van der Waals surface area contributed by atoms with Crippen molar-refractivity contribution in [2.45, 2.75) is 32.9 Å². The van der Waals surface area contributed by atoms with Crippen molar-refractivity contribution in [2.24, 2.45) is 7.05 Å². The van der Waals surface area contributed by atoms with Crippen LogP contribution in [0.15, 0.2) is 36.8 Å². The van der Waals surface area contributed by atoms with E-state index in [2.05, 4.69) is 48.4 Å². The number of imidazole rings is 1. The quantitative estimate of drug-likeness (QED) is 0.875. The summed E-state index contributed by atoms with van der Waals surface area (Å²) >= 11 is 0. The summed E-state index contributed by atoms with van der Waals surface area (Å²) < 4.78 is 2.04. The standard InChI is InChI=1S/C15H21N3/c1-4-13-5-7-14(8-6-13)12(2)17-10-15-9-16-11-18(15)3/h5-9,11-12,17H,4,10H2,1-3H3. The van der Waals surface area contributed by atoms with Crippen molar-refractivity contribution in [3.8, 4) is 0 Å². The third-order valence-electron chi connectivity index (χ3n) is 3.39. The molecule has 3 heteroatoms. The summed E-state index contributed by atoms with van der Waals surface area (Å²) in [5.41, 5.74) is 3.92. The van der Waals surface area contributed by atoms with E-state index >= 15 is 0 Å². The number of nitrogens with zero attached hydrogens (tertiary/aromatic N) is 2. The van der Waals surface area contributed by atoms with Crippen LogP contribution in [0.5, 0.6) is 0 Å². The van der Waals surface area contributed by atoms with Crippen molar-refractivity contribution in [3.05, 3.63) is 53.6 Å². The van der Waals surface area contributed by atoms with Gasteiger partial charge in [-0.15, -0.1) is 0 Å². The van der Waals surface area contributed by atoms with Gasteiger partial charge in [0.15, 0.2) is 0 Å². The fourth-order valence-corrected chi connectivity index (χ4v) is 1.97. The monoisotopic (exact) mass is 243 g/mol. The molecular formula is C15H21N3. The van der Waals surface area contributed by atoms with Gasteiger partial charge in [-0.1, -0.05) is 31.2 Å². The predicted molar refractivity (Wildman–Crippen MR) is 74.3 cm³/mol. The van der Waals surface area contributed by atoms with Crippen LogP contribution in [0.3, 0.4) is 0 Å². The number of hydrogen-bond acceptors (Lipinski definition) is 2. The average Bonchev–Trinajstić information content (AvgIpc) is 2.81. The highest BCUT2D eigenvalue weighted by Gasteiger charge is 2.06. The molecule has 0 spiro atoms. The molecular weight excluding hydrogens is 222 g/mol. The van der Waals surface area contributed by atoms with E-state index in [1.807, 2.05) is 24.1 Å². The van der Waals surface area contributed by atoms with Gasteiger partial charge in [0.2, 0.25) is 0 Å². The Morgan fingerprint density at radius 1 is 1.28 bits per heavy atom. The first kappa shape index (κ1) is 12.8. The van der Waals surface area contributed by atoms with Crippen LogP contribution in [-0.2, 0) is 20.0 Å². The van der Waals surface area contributed by atoms with Gasteiger partial charge in [0.25, 0.3) is 0 Å². The molecule has 0 amide bonds. The number of nitrogens with one attached hydrogen (secondary N) is 1. The highest BCUT2D eigenvalue weighted by Crippen LogP contribution is 2.14. The minimum Gasteiger partial charge on any atom is -0.337 e. The number of hydrogen-bond donors (Lipinski definition) is 1. The van der Waals surface area contributed by atoms with E-state index in [0.29, 0.717) is 6.04 Å². The van der Waals surface area contributed by atoms with Gasteiger partial charge in [0.05, 0.1) is 12.0 Å². The van der Waals surface area contributed by atoms with Crippen LogP contribution >= 0.6 is 0 Å². The van der Waals surface area contributed by atoms with Gasteiger partial charge in [-0.25, -0.2) is 4.98 Å². The molecule has 0 aliphatic heterocycles. The highest BCUT2D eigenvalue weighted by atomic mass is 15.0. The highest BCUT2D eigenvalue weighted by molar-refractivity contribution is 5.24. The number of rotatable bonds is 5. The number of aromatic nitrogens is 2. The summed E-state index contributed by atoms with van der Waals surface area (Å²) in [5, 5.41) is 3.52. The number of benzene rings is 1. The molecule has 0 aliphatic carbocycles. The third-order valence-corrected chi connectivity index (χ3v) is 3.39. The Kier molecular flexibility index (Phi) is 4.15. The van der Waals surface area contributed by atoms with Crippen LogP contribution in [0, 0.1) is 0 Å². The van der Waals surface area contributed by atoms with Crippen molar-refractivity contribution in [2.75, 3.05) is 0 Å². The summed E-state index contributed by atoms with van der Waals surface area (Å²) in [6.07, 6.45) is 4.83. The summed E-state index contributed by atoms with van der Waals surface area (Å²) in [6.45, 7) is 5.21. The summed E-state index contributed by atoms with van der Waals surface area (Å²) in [4.78, 5) is 4.12. The molecule has 1 unspecified atom stereocenters. The van der Waals surface area contributed by atoms with Gasteiger partial charge >= 0.3 is 0 Å². The van der Waals surface area contributed by atoms with Gasteiger partial charge in [-0.2, -0.15) is 0 Å². The summed E-state index contributed by atoms with van der Waals surface area (Å²) in [7, 11) is 2.02. The minimum atomic E-state index is 0.353. The fraction of sp³-hybridized carbons (Fsp3) is 0.400. The van der Waals surface area contributed by atoms with Crippen molar-refractivity contribution in [3.63, 3.8) is 0 Å². The van der Waals surface area contributed by atoms with E-state index in [0.717, 1.165) is 13.0 Å². The molecule has 1 atom stereocenters. The normalized spacial score (nSPS) is 12.6. The maximum Gasteiger partial charge on any atom is 0.0945 e. The maximum absolute atomic E-state index is 4.12. The van der Waals surface area contributed by atoms with Gasteiger partial charge in [0.1, 0.15) is 0 Å². The third kappa shape index (κ3) is 2.99. The first-order chi connectivity index (χ1) is 8.70. The van der Waals surface area contributed by atoms with Crippen molar-refractivity contribution in [1.82, 2.24) is 14.9 Å². The Morgan fingerprint density at radius 3 is 2.56 bits per heavy atom. The first-order valence-electron chi connectivity index (χ1n) is 6.48. The van der Waals surface area contributed by atoms with Crippen LogP contribution in [0.25, 0.3) is 0 Å². The average molecular weight is 243 g/mol. The van der Waals surface area contributed by atoms with Gasteiger partial charge in [0, 0.05) is 25.8 Å². The second-order valence-electron chi connectivity index (χ2n) is 4.69. The molecule has 0 bridgehead atoms. The molecule has 96 valence electrons. The molecule has 1 aromatic carbocycles. The smallest absolute Gasteiger partial charge is 0.0945 e. The van der Waals surface area contributed by atoms with Crippen LogP contribution in [0.1, 0.15) is 36.7 Å². The molecule has 2 aromatic rings. The maximum atomic E-state index is 4.12. The van der Waals surface area contributed by atoms with E-state index in [1.54, 1.807) is 0 Å². The van der Waals surface area contributed by atoms with Gasteiger partial charge in [-0.05, 0) is 24.5 Å². The largest absolute Gasteiger partial charge is 0.337 e. The molecule has 0 saturated heterocycles. The molecule has 0 fully saturated rings. The van der Waals surface area contributed by atoms with Crippen LogP contribution in [0.4, 0.5) is 0 Å². The summed E-state index contributed by atoms with van der Waals surface area (Å²) in [6, 6.07) is 9.18. The zero-order chi connectivity index (χ0) is 13.0. The van der Waals surface area contributed by atoms with E-state index in [4.69, 9.17) is 0 Å². The van der Waals surface area contributed by atoms with Crippen LogP contribution in [-0.4, -0.2) is 9.55 Å². The van der Waals surface area contributed by atoms with Crippen LogP contribution < -0.4 is 5.32 Å². The van der Waals surface area contributed by atoms with Crippen molar-refractivity contribution >= 4 is 0 Å². The first-order valence-corrected chi connectivity index (χ1v) is 6.48. The van der Waals surface area contributed by atoms with Gasteiger partial charge < -0.3 is 9.88 Å². The lowest BCUT2D eigenvalue weighted by Gasteiger charge is -2.14. The van der Waals surface area contributed by atoms with E-state index in [9.17, 15) is 0 Å². The van der Waals surface area contributed by atoms with Crippen molar-refractivity contribution < 1.29 is 0 Å². The molecule has 2 rings (SSSR count). The molecule has 1 N–H and O–H groups in total. The van der Waals surface area contributed by atoms with E-state index in [1.165, 1.54) is 16.8 Å². The Labute approximate surface area is 109 Å².